The first-order chi connectivity index (χ1) is 14.4. The molecule has 4 rings (SSSR count). The van der Waals surface area contributed by atoms with Crippen LogP contribution in [-0.2, 0) is 17.8 Å². The SMILES string of the molecule is COc1ccc(Cl)c2c(=O)c3c([nH]c12)CCN(CC(=O)Nc1c(C)cccc1C)C3. The molecule has 0 bridgehead atoms. The smallest absolute Gasteiger partial charge is 0.238 e. The van der Waals surface area contributed by atoms with E-state index in [1.54, 1.807) is 19.2 Å². The number of carbonyl (C=O) groups excluding carboxylic acids is 1. The van der Waals surface area contributed by atoms with Gasteiger partial charge in [0.25, 0.3) is 0 Å². The lowest BCUT2D eigenvalue weighted by Crippen LogP contribution is -2.39. The Kier molecular flexibility index (Phi) is 5.54. The Morgan fingerprint density at radius 2 is 1.97 bits per heavy atom. The third-order valence-electron chi connectivity index (χ3n) is 5.65. The zero-order valence-electron chi connectivity index (χ0n) is 17.3. The molecule has 1 aliphatic heterocycles. The van der Waals surface area contributed by atoms with Crippen LogP contribution in [0.2, 0.25) is 5.02 Å². The minimum Gasteiger partial charge on any atom is -0.495 e. The number of fused-ring (bicyclic) bond motifs is 2. The van der Waals surface area contributed by atoms with Crippen molar-refractivity contribution in [3.63, 3.8) is 0 Å². The molecule has 6 nitrogen and oxygen atoms in total. The van der Waals surface area contributed by atoms with Gasteiger partial charge in [0, 0.05) is 36.5 Å². The number of nitrogens with one attached hydrogen (secondary N) is 2. The van der Waals surface area contributed by atoms with Gasteiger partial charge < -0.3 is 15.0 Å². The maximum atomic E-state index is 13.2. The maximum absolute atomic E-state index is 13.2. The quantitative estimate of drug-likeness (QED) is 0.666. The van der Waals surface area contributed by atoms with Gasteiger partial charge in [0.15, 0.2) is 5.43 Å². The molecule has 0 spiro atoms. The first-order valence-corrected chi connectivity index (χ1v) is 10.3. The van der Waals surface area contributed by atoms with Crippen molar-refractivity contribution in [3.8, 4) is 5.75 Å². The number of H-pyrrole nitrogens is 1. The number of benzene rings is 2. The van der Waals surface area contributed by atoms with Gasteiger partial charge in [-0.3, -0.25) is 14.5 Å². The number of methoxy groups -OCH3 is 1. The summed E-state index contributed by atoms with van der Waals surface area (Å²) in [6.45, 7) is 5.24. The number of carbonyl (C=O) groups is 1. The van der Waals surface area contributed by atoms with Gasteiger partial charge in [-0.2, -0.15) is 0 Å². The van der Waals surface area contributed by atoms with Gasteiger partial charge in [-0.15, -0.1) is 0 Å². The Bertz CT molecular complexity index is 1180. The van der Waals surface area contributed by atoms with Crippen LogP contribution in [-0.4, -0.2) is 36.0 Å². The molecule has 1 aliphatic rings. The Hall–Kier alpha value is -2.83. The second-order valence-electron chi connectivity index (χ2n) is 7.69. The normalized spacial score (nSPS) is 13.9. The van der Waals surface area contributed by atoms with Crippen LogP contribution in [0.5, 0.6) is 5.75 Å². The molecule has 0 saturated carbocycles. The molecule has 0 fully saturated rings. The number of aryl methyl sites for hydroxylation is 2. The largest absolute Gasteiger partial charge is 0.495 e. The molecule has 0 saturated heterocycles. The molecule has 2 aromatic carbocycles. The molecular formula is C23H24ClN3O3. The number of halogens is 1. The second-order valence-corrected chi connectivity index (χ2v) is 8.09. The van der Waals surface area contributed by atoms with Gasteiger partial charge in [0.1, 0.15) is 5.75 Å². The summed E-state index contributed by atoms with van der Waals surface area (Å²) < 4.78 is 5.39. The lowest BCUT2D eigenvalue weighted by Gasteiger charge is -2.28. The van der Waals surface area contributed by atoms with E-state index in [0.717, 1.165) is 22.5 Å². The van der Waals surface area contributed by atoms with Crippen LogP contribution >= 0.6 is 11.6 Å². The molecule has 7 heteroatoms. The lowest BCUT2D eigenvalue weighted by atomic mass is 10.0. The highest BCUT2D eigenvalue weighted by atomic mass is 35.5. The summed E-state index contributed by atoms with van der Waals surface area (Å²) in [5, 5.41) is 3.83. The monoisotopic (exact) mass is 425 g/mol. The van der Waals surface area contributed by atoms with E-state index in [4.69, 9.17) is 16.3 Å². The van der Waals surface area contributed by atoms with E-state index in [1.165, 1.54) is 0 Å². The number of hydrogen-bond acceptors (Lipinski definition) is 4. The molecule has 2 heterocycles. The van der Waals surface area contributed by atoms with Crippen LogP contribution < -0.4 is 15.5 Å². The summed E-state index contributed by atoms with van der Waals surface area (Å²) in [6, 6.07) is 9.34. The van der Waals surface area contributed by atoms with E-state index in [0.29, 0.717) is 46.7 Å². The zero-order chi connectivity index (χ0) is 21.4. The van der Waals surface area contributed by atoms with Crippen molar-refractivity contribution in [3.05, 3.63) is 68.0 Å². The number of rotatable bonds is 4. The first-order valence-electron chi connectivity index (χ1n) is 9.87. The van der Waals surface area contributed by atoms with Gasteiger partial charge >= 0.3 is 0 Å². The van der Waals surface area contributed by atoms with Crippen LogP contribution in [0.1, 0.15) is 22.4 Å². The number of aromatic nitrogens is 1. The fraction of sp³-hybridized carbons (Fsp3) is 0.304. The molecule has 0 atom stereocenters. The molecule has 2 N–H and O–H groups in total. The average Bonchev–Trinajstić information content (AvgIpc) is 2.71. The predicted octanol–water partition coefficient (Wildman–Crippen LogP) is 3.80. The molecule has 30 heavy (non-hydrogen) atoms. The Morgan fingerprint density at radius 3 is 2.67 bits per heavy atom. The van der Waals surface area contributed by atoms with Gasteiger partial charge in [-0.25, -0.2) is 0 Å². The third kappa shape index (κ3) is 3.68. The average molecular weight is 426 g/mol. The molecule has 1 amide bonds. The van der Waals surface area contributed by atoms with Crippen molar-refractivity contribution in [2.75, 3.05) is 25.5 Å². The van der Waals surface area contributed by atoms with Crippen molar-refractivity contribution >= 4 is 34.1 Å². The fourth-order valence-corrected chi connectivity index (χ4v) is 4.31. The van der Waals surface area contributed by atoms with Crippen molar-refractivity contribution < 1.29 is 9.53 Å². The number of para-hydroxylation sites is 1. The Labute approximate surface area is 179 Å². The summed E-state index contributed by atoms with van der Waals surface area (Å²) in [5.41, 5.74) is 4.95. The summed E-state index contributed by atoms with van der Waals surface area (Å²) in [7, 11) is 1.57. The van der Waals surface area contributed by atoms with Crippen LogP contribution in [0, 0.1) is 13.8 Å². The topological polar surface area (TPSA) is 74.4 Å². The molecule has 3 aromatic rings. The lowest BCUT2D eigenvalue weighted by molar-refractivity contribution is -0.117. The fourth-order valence-electron chi connectivity index (χ4n) is 4.07. The number of amides is 1. The summed E-state index contributed by atoms with van der Waals surface area (Å²) >= 11 is 6.32. The first kappa shape index (κ1) is 20.4. The number of nitrogens with zero attached hydrogens (tertiary/aromatic N) is 1. The van der Waals surface area contributed by atoms with E-state index in [-0.39, 0.29) is 17.9 Å². The highest BCUT2D eigenvalue weighted by Gasteiger charge is 2.24. The van der Waals surface area contributed by atoms with Crippen LogP contribution in [0.15, 0.2) is 35.1 Å². The zero-order valence-corrected chi connectivity index (χ0v) is 18.0. The van der Waals surface area contributed by atoms with Crippen molar-refractivity contribution in [1.29, 1.82) is 0 Å². The molecule has 1 aromatic heterocycles. The molecule has 0 unspecified atom stereocenters. The highest BCUT2D eigenvalue weighted by molar-refractivity contribution is 6.35. The van der Waals surface area contributed by atoms with Crippen molar-refractivity contribution in [1.82, 2.24) is 9.88 Å². The minimum absolute atomic E-state index is 0.0900. The summed E-state index contributed by atoms with van der Waals surface area (Å²) in [6.07, 6.45) is 0.646. The van der Waals surface area contributed by atoms with E-state index in [9.17, 15) is 9.59 Å². The van der Waals surface area contributed by atoms with Crippen LogP contribution in [0.4, 0.5) is 5.69 Å². The molecule has 156 valence electrons. The third-order valence-corrected chi connectivity index (χ3v) is 5.96. The summed E-state index contributed by atoms with van der Waals surface area (Å²) in [4.78, 5) is 31.2. The minimum atomic E-state index is -0.109. The van der Waals surface area contributed by atoms with Crippen molar-refractivity contribution in [2.24, 2.45) is 0 Å². The van der Waals surface area contributed by atoms with Gasteiger partial charge in [-0.1, -0.05) is 29.8 Å². The van der Waals surface area contributed by atoms with Crippen LogP contribution in [0.3, 0.4) is 0 Å². The van der Waals surface area contributed by atoms with Gasteiger partial charge in [0.2, 0.25) is 5.91 Å². The Balaban J connectivity index is 1.58. The Morgan fingerprint density at radius 1 is 1.23 bits per heavy atom. The number of aromatic amines is 1. The standard InChI is InChI=1S/C23H24ClN3O3/c1-13-5-4-6-14(2)21(13)26-19(28)12-27-10-9-17-15(11-27)23(29)20-16(24)7-8-18(30-3)22(20)25-17/h4-8H,9-12H2,1-3H3,(H,25,29)(H,26,28). The highest BCUT2D eigenvalue weighted by Crippen LogP contribution is 2.30. The van der Waals surface area contributed by atoms with E-state index in [2.05, 4.69) is 10.3 Å². The van der Waals surface area contributed by atoms with Crippen molar-refractivity contribution in [2.45, 2.75) is 26.8 Å². The number of ether oxygens (including phenoxy) is 1. The maximum Gasteiger partial charge on any atom is 0.238 e. The van der Waals surface area contributed by atoms with E-state index >= 15 is 0 Å². The number of pyridine rings is 1. The van der Waals surface area contributed by atoms with E-state index < -0.39 is 0 Å². The molecule has 0 aliphatic carbocycles. The molecular weight excluding hydrogens is 402 g/mol. The summed E-state index contributed by atoms with van der Waals surface area (Å²) in [5.74, 6) is 0.498. The van der Waals surface area contributed by atoms with E-state index in [1.807, 2.05) is 36.9 Å². The molecule has 0 radical (unpaired) electrons. The predicted molar refractivity (Wildman–Crippen MR) is 120 cm³/mol. The van der Waals surface area contributed by atoms with Gasteiger partial charge in [0.05, 0.1) is 29.6 Å². The van der Waals surface area contributed by atoms with Gasteiger partial charge in [-0.05, 0) is 37.1 Å². The number of anilines is 1. The van der Waals surface area contributed by atoms with Crippen LogP contribution in [0.25, 0.3) is 10.9 Å². The second kappa shape index (κ2) is 8.13. The number of hydrogen-bond donors (Lipinski definition) is 2.